The molecule has 2 aromatic carbocycles. The predicted octanol–water partition coefficient (Wildman–Crippen LogP) is 2.49. The summed E-state index contributed by atoms with van der Waals surface area (Å²) in [6.45, 7) is 1.55. The molecular formula is C21H21N3O6. The van der Waals surface area contributed by atoms with Gasteiger partial charge in [-0.15, -0.1) is 0 Å². The number of carbonyl (C=O) groups is 2. The summed E-state index contributed by atoms with van der Waals surface area (Å²) >= 11 is 0. The number of nitrogens with zero attached hydrogens (tertiary/aromatic N) is 2. The monoisotopic (exact) mass is 411 g/mol. The number of carbonyl (C=O) groups excluding carboxylic acids is 2. The third kappa shape index (κ3) is 4.19. The smallest absolute Gasteiger partial charge is 0.269 e. The Bertz CT molecular complexity index is 967. The van der Waals surface area contributed by atoms with Gasteiger partial charge in [0.15, 0.2) is 11.5 Å². The van der Waals surface area contributed by atoms with Crippen molar-refractivity contribution in [3.63, 3.8) is 0 Å². The summed E-state index contributed by atoms with van der Waals surface area (Å²) in [6.07, 6.45) is 1.15. The summed E-state index contributed by atoms with van der Waals surface area (Å²) in [5, 5.41) is 13.7. The molecule has 0 radical (unpaired) electrons. The van der Waals surface area contributed by atoms with Gasteiger partial charge in [-0.3, -0.25) is 19.7 Å². The Balaban J connectivity index is 1.27. The van der Waals surface area contributed by atoms with Crippen molar-refractivity contribution in [3.8, 4) is 11.5 Å². The number of likely N-dealkylation sites (tertiary alicyclic amines) is 1. The number of benzene rings is 2. The van der Waals surface area contributed by atoms with E-state index in [1.54, 1.807) is 4.90 Å². The minimum Gasteiger partial charge on any atom is -0.454 e. The van der Waals surface area contributed by atoms with Crippen LogP contribution in [0.25, 0.3) is 0 Å². The first-order chi connectivity index (χ1) is 14.5. The van der Waals surface area contributed by atoms with Crippen molar-refractivity contribution in [2.75, 3.05) is 19.9 Å². The molecule has 1 N–H and O–H groups in total. The highest BCUT2D eigenvalue weighted by Gasteiger charge is 2.28. The van der Waals surface area contributed by atoms with E-state index in [4.69, 9.17) is 9.47 Å². The summed E-state index contributed by atoms with van der Waals surface area (Å²) in [6, 6.07) is 11.1. The first-order valence-corrected chi connectivity index (χ1v) is 9.71. The van der Waals surface area contributed by atoms with Crippen molar-refractivity contribution in [2.45, 2.75) is 19.4 Å². The van der Waals surface area contributed by atoms with Crippen LogP contribution in [-0.2, 0) is 11.3 Å². The summed E-state index contributed by atoms with van der Waals surface area (Å²) in [7, 11) is 0. The molecule has 0 unspecified atom stereocenters. The van der Waals surface area contributed by atoms with Gasteiger partial charge in [0.05, 0.1) is 4.92 Å². The molecule has 2 aromatic rings. The molecule has 0 spiro atoms. The van der Waals surface area contributed by atoms with Crippen LogP contribution in [0.3, 0.4) is 0 Å². The predicted molar refractivity (Wildman–Crippen MR) is 106 cm³/mol. The Hall–Kier alpha value is -3.62. The molecule has 2 heterocycles. The fraction of sp³-hybridized carbons (Fsp3) is 0.333. The second kappa shape index (κ2) is 8.40. The number of piperidine rings is 1. The maximum atomic E-state index is 12.6. The molecule has 0 aromatic heterocycles. The average Bonchev–Trinajstić information content (AvgIpc) is 3.25. The lowest BCUT2D eigenvalue weighted by Gasteiger charge is -2.31. The Kier molecular flexibility index (Phi) is 5.51. The maximum absolute atomic E-state index is 12.6. The van der Waals surface area contributed by atoms with Crippen LogP contribution in [-0.4, -0.2) is 41.5 Å². The van der Waals surface area contributed by atoms with Crippen LogP contribution >= 0.6 is 0 Å². The minimum atomic E-state index is -0.498. The van der Waals surface area contributed by atoms with Crippen molar-refractivity contribution in [3.05, 3.63) is 63.7 Å². The van der Waals surface area contributed by atoms with Gasteiger partial charge in [-0.1, -0.05) is 6.07 Å². The van der Waals surface area contributed by atoms with E-state index in [0.29, 0.717) is 49.5 Å². The lowest BCUT2D eigenvalue weighted by Crippen LogP contribution is -2.42. The molecule has 2 aliphatic rings. The number of hydrogen-bond donors (Lipinski definition) is 1. The van der Waals surface area contributed by atoms with E-state index in [1.807, 2.05) is 18.2 Å². The summed E-state index contributed by atoms with van der Waals surface area (Å²) in [5.41, 5.74) is 1.29. The first kappa shape index (κ1) is 19.7. The van der Waals surface area contributed by atoms with Gasteiger partial charge in [0, 0.05) is 43.2 Å². The van der Waals surface area contributed by atoms with Crippen molar-refractivity contribution in [2.24, 2.45) is 5.92 Å². The van der Waals surface area contributed by atoms with Crippen molar-refractivity contribution in [1.29, 1.82) is 0 Å². The highest BCUT2D eigenvalue weighted by molar-refractivity contribution is 5.94. The lowest BCUT2D eigenvalue weighted by molar-refractivity contribution is -0.384. The van der Waals surface area contributed by atoms with Crippen molar-refractivity contribution >= 4 is 17.5 Å². The van der Waals surface area contributed by atoms with Crippen LogP contribution < -0.4 is 14.8 Å². The third-order valence-electron chi connectivity index (χ3n) is 5.38. The van der Waals surface area contributed by atoms with Gasteiger partial charge in [0.1, 0.15) is 0 Å². The number of nitro groups is 1. The molecular weight excluding hydrogens is 390 g/mol. The zero-order valence-electron chi connectivity index (χ0n) is 16.2. The molecule has 4 rings (SSSR count). The van der Waals surface area contributed by atoms with Gasteiger partial charge in [-0.2, -0.15) is 0 Å². The highest BCUT2D eigenvalue weighted by Crippen LogP contribution is 2.32. The molecule has 30 heavy (non-hydrogen) atoms. The van der Waals surface area contributed by atoms with Crippen LogP contribution in [0.15, 0.2) is 42.5 Å². The van der Waals surface area contributed by atoms with Crippen molar-refractivity contribution < 1.29 is 24.0 Å². The summed E-state index contributed by atoms with van der Waals surface area (Å²) < 4.78 is 10.6. The quantitative estimate of drug-likeness (QED) is 0.598. The maximum Gasteiger partial charge on any atom is 0.269 e. The Morgan fingerprint density at radius 2 is 1.77 bits per heavy atom. The average molecular weight is 411 g/mol. The molecule has 9 heteroatoms. The van der Waals surface area contributed by atoms with Crippen molar-refractivity contribution in [1.82, 2.24) is 10.2 Å². The Morgan fingerprint density at radius 1 is 1.07 bits per heavy atom. The van der Waals surface area contributed by atoms with Crippen LogP contribution in [0.5, 0.6) is 11.5 Å². The standard InChI is InChI=1S/C21H21N3O6/c25-20(22-12-14-1-6-18-19(11-14)30-13-29-18)15-7-9-23(10-8-15)21(26)16-2-4-17(5-3-16)24(27)28/h1-6,11,15H,7-10,12-13H2,(H,22,25). The van der Waals surface area contributed by atoms with Crippen LogP contribution in [0, 0.1) is 16.0 Å². The Morgan fingerprint density at radius 3 is 2.47 bits per heavy atom. The van der Waals surface area contributed by atoms with Gasteiger partial charge in [-0.05, 0) is 42.7 Å². The minimum absolute atomic E-state index is 0.0323. The molecule has 1 saturated heterocycles. The van der Waals surface area contributed by atoms with Crippen LogP contribution in [0.4, 0.5) is 5.69 Å². The number of hydrogen-bond acceptors (Lipinski definition) is 6. The number of non-ortho nitro benzene ring substituents is 1. The highest BCUT2D eigenvalue weighted by atomic mass is 16.7. The number of nitro benzene ring substituents is 1. The zero-order valence-corrected chi connectivity index (χ0v) is 16.2. The van der Waals surface area contributed by atoms with Gasteiger partial charge < -0.3 is 19.7 Å². The van der Waals surface area contributed by atoms with E-state index < -0.39 is 4.92 Å². The fourth-order valence-electron chi connectivity index (χ4n) is 3.64. The molecule has 156 valence electrons. The zero-order chi connectivity index (χ0) is 21.1. The lowest BCUT2D eigenvalue weighted by atomic mass is 9.95. The Labute approximate surface area is 172 Å². The molecule has 9 nitrogen and oxygen atoms in total. The fourth-order valence-corrected chi connectivity index (χ4v) is 3.64. The first-order valence-electron chi connectivity index (χ1n) is 9.71. The topological polar surface area (TPSA) is 111 Å². The largest absolute Gasteiger partial charge is 0.454 e. The number of nitrogens with one attached hydrogen (secondary N) is 1. The molecule has 0 atom stereocenters. The van der Waals surface area contributed by atoms with E-state index >= 15 is 0 Å². The number of amides is 2. The van der Waals surface area contributed by atoms with E-state index in [-0.39, 0.29) is 30.2 Å². The van der Waals surface area contributed by atoms with Gasteiger partial charge in [0.2, 0.25) is 12.7 Å². The molecule has 2 aliphatic heterocycles. The SMILES string of the molecule is O=C(NCc1ccc2c(c1)OCO2)C1CCN(C(=O)c2ccc([N+](=O)[O-])cc2)CC1. The number of ether oxygens (including phenoxy) is 2. The van der Waals surface area contributed by atoms with Crippen LogP contribution in [0.1, 0.15) is 28.8 Å². The van der Waals surface area contributed by atoms with E-state index in [1.165, 1.54) is 24.3 Å². The van der Waals surface area contributed by atoms with Gasteiger partial charge in [-0.25, -0.2) is 0 Å². The normalized spacial score (nSPS) is 15.7. The molecule has 0 saturated carbocycles. The van der Waals surface area contributed by atoms with E-state index in [0.717, 1.165) is 5.56 Å². The van der Waals surface area contributed by atoms with E-state index in [9.17, 15) is 19.7 Å². The van der Waals surface area contributed by atoms with E-state index in [2.05, 4.69) is 5.32 Å². The second-order valence-electron chi connectivity index (χ2n) is 7.28. The van der Waals surface area contributed by atoms with Gasteiger partial charge >= 0.3 is 0 Å². The number of fused-ring (bicyclic) bond motifs is 1. The van der Waals surface area contributed by atoms with Gasteiger partial charge in [0.25, 0.3) is 11.6 Å². The third-order valence-corrected chi connectivity index (χ3v) is 5.38. The molecule has 0 bridgehead atoms. The second-order valence-corrected chi connectivity index (χ2v) is 7.28. The number of rotatable bonds is 5. The van der Waals surface area contributed by atoms with Crippen LogP contribution in [0.2, 0.25) is 0 Å². The summed E-state index contributed by atoms with van der Waals surface area (Å²) in [5.74, 6) is 1.02. The molecule has 0 aliphatic carbocycles. The molecule has 2 amide bonds. The molecule has 1 fully saturated rings. The summed E-state index contributed by atoms with van der Waals surface area (Å²) in [4.78, 5) is 37.0.